The number of allylic oxidation sites excluding steroid dienone is 5. The van der Waals surface area contributed by atoms with Gasteiger partial charge in [0.2, 0.25) is 0 Å². The van der Waals surface area contributed by atoms with Gasteiger partial charge in [-0.05, 0) is 61.6 Å². The number of hydrogen-bond donors (Lipinski definition) is 2. The Morgan fingerprint density at radius 1 is 1.10 bits per heavy atom. The fourth-order valence-corrected chi connectivity index (χ4v) is 2.88. The minimum Gasteiger partial charge on any atom is -0.399 e. The quantitative estimate of drug-likeness (QED) is 0.540. The van der Waals surface area contributed by atoms with Gasteiger partial charge in [-0.25, -0.2) is 4.39 Å². The molecule has 1 unspecified atom stereocenters. The SMILES string of the molecule is C=C/C=C(/C=C(\C)c1ccccc1F)C(\N)=C/C.CCC(CN)c1ccccc1. The van der Waals surface area contributed by atoms with Crippen LogP contribution in [0.25, 0.3) is 5.57 Å². The molecule has 0 amide bonds. The van der Waals surface area contributed by atoms with Crippen LogP contribution in [0.1, 0.15) is 44.2 Å². The number of halogens is 1. The fraction of sp³-hybridized carbons (Fsp3) is 0.231. The van der Waals surface area contributed by atoms with Crippen LogP contribution in [0.5, 0.6) is 0 Å². The average Bonchev–Trinajstić information content (AvgIpc) is 2.75. The van der Waals surface area contributed by atoms with Crippen molar-refractivity contribution >= 4 is 5.57 Å². The molecule has 1 atom stereocenters. The highest BCUT2D eigenvalue weighted by Gasteiger charge is 2.05. The van der Waals surface area contributed by atoms with Crippen molar-refractivity contribution in [2.75, 3.05) is 6.54 Å². The van der Waals surface area contributed by atoms with E-state index in [1.54, 1.807) is 30.4 Å². The third kappa shape index (κ3) is 7.92. The Morgan fingerprint density at radius 2 is 1.72 bits per heavy atom. The van der Waals surface area contributed by atoms with Crippen LogP contribution in [0.4, 0.5) is 4.39 Å². The van der Waals surface area contributed by atoms with Crippen molar-refractivity contribution < 1.29 is 4.39 Å². The second kappa shape index (κ2) is 13.3. The smallest absolute Gasteiger partial charge is 0.130 e. The van der Waals surface area contributed by atoms with Gasteiger partial charge in [0.25, 0.3) is 0 Å². The van der Waals surface area contributed by atoms with Crippen LogP contribution in [0.2, 0.25) is 0 Å². The van der Waals surface area contributed by atoms with Crippen molar-refractivity contribution in [2.24, 2.45) is 11.5 Å². The van der Waals surface area contributed by atoms with Crippen LogP contribution >= 0.6 is 0 Å². The van der Waals surface area contributed by atoms with Crippen LogP contribution in [-0.4, -0.2) is 6.54 Å². The van der Waals surface area contributed by atoms with Gasteiger partial charge < -0.3 is 11.5 Å². The molecule has 2 aromatic carbocycles. The Hall–Kier alpha value is -2.91. The summed E-state index contributed by atoms with van der Waals surface area (Å²) in [6.07, 6.45) is 8.26. The van der Waals surface area contributed by atoms with Gasteiger partial charge in [0, 0.05) is 11.3 Å². The van der Waals surface area contributed by atoms with E-state index in [1.807, 2.05) is 32.1 Å². The van der Waals surface area contributed by atoms with Crippen LogP contribution in [-0.2, 0) is 0 Å². The molecule has 0 spiro atoms. The molecule has 0 heterocycles. The highest BCUT2D eigenvalue weighted by molar-refractivity contribution is 5.68. The molecule has 0 aliphatic rings. The summed E-state index contributed by atoms with van der Waals surface area (Å²) in [5.41, 5.74) is 15.7. The lowest BCUT2D eigenvalue weighted by Gasteiger charge is -2.11. The predicted octanol–water partition coefficient (Wildman–Crippen LogP) is 6.34. The molecule has 29 heavy (non-hydrogen) atoms. The third-order valence-electron chi connectivity index (χ3n) is 4.66. The monoisotopic (exact) mass is 392 g/mol. The van der Waals surface area contributed by atoms with Gasteiger partial charge in [0.05, 0.1) is 0 Å². The summed E-state index contributed by atoms with van der Waals surface area (Å²) in [5.74, 6) is 0.305. The molecule has 3 heteroatoms. The summed E-state index contributed by atoms with van der Waals surface area (Å²) in [6.45, 7) is 10.3. The van der Waals surface area contributed by atoms with Gasteiger partial charge in [-0.1, -0.05) is 80.3 Å². The maximum absolute atomic E-state index is 13.6. The van der Waals surface area contributed by atoms with Crippen molar-refractivity contribution in [1.29, 1.82) is 0 Å². The summed E-state index contributed by atoms with van der Waals surface area (Å²) in [5, 5.41) is 0. The Morgan fingerprint density at radius 3 is 2.24 bits per heavy atom. The Kier molecular flexibility index (Phi) is 11.1. The van der Waals surface area contributed by atoms with Crippen molar-refractivity contribution in [3.8, 4) is 0 Å². The van der Waals surface area contributed by atoms with E-state index in [1.165, 1.54) is 11.6 Å². The van der Waals surface area contributed by atoms with E-state index in [4.69, 9.17) is 11.5 Å². The first-order valence-corrected chi connectivity index (χ1v) is 9.91. The first-order valence-electron chi connectivity index (χ1n) is 9.91. The van der Waals surface area contributed by atoms with Crippen molar-refractivity contribution in [2.45, 2.75) is 33.1 Å². The molecule has 0 aliphatic heterocycles. The zero-order valence-corrected chi connectivity index (χ0v) is 17.7. The molecule has 2 nitrogen and oxygen atoms in total. The first kappa shape index (κ1) is 24.1. The summed E-state index contributed by atoms with van der Waals surface area (Å²) >= 11 is 0. The summed E-state index contributed by atoms with van der Waals surface area (Å²) in [7, 11) is 0. The molecule has 4 N–H and O–H groups in total. The van der Waals surface area contributed by atoms with Crippen LogP contribution < -0.4 is 11.5 Å². The normalized spacial score (nSPS) is 13.3. The predicted molar refractivity (Wildman–Crippen MR) is 125 cm³/mol. The van der Waals surface area contributed by atoms with E-state index >= 15 is 0 Å². The van der Waals surface area contributed by atoms with Gasteiger partial charge in [-0.3, -0.25) is 0 Å². The Labute approximate surface area is 175 Å². The molecule has 2 aromatic rings. The molecule has 0 aromatic heterocycles. The average molecular weight is 393 g/mol. The van der Waals surface area contributed by atoms with Crippen LogP contribution in [0, 0.1) is 5.82 Å². The van der Waals surface area contributed by atoms with Gasteiger partial charge >= 0.3 is 0 Å². The number of rotatable bonds is 7. The lowest BCUT2D eigenvalue weighted by atomic mass is 9.97. The lowest BCUT2D eigenvalue weighted by Crippen LogP contribution is -2.11. The van der Waals surface area contributed by atoms with Crippen molar-refractivity contribution in [3.63, 3.8) is 0 Å². The number of benzene rings is 2. The number of hydrogen-bond acceptors (Lipinski definition) is 2. The molecule has 0 bridgehead atoms. The van der Waals surface area contributed by atoms with Gasteiger partial charge in [0.15, 0.2) is 0 Å². The lowest BCUT2D eigenvalue weighted by molar-refractivity contribution is 0.624. The molecular formula is C26H33FN2. The Balaban J connectivity index is 0.000000326. The first-order chi connectivity index (χ1) is 14.0. The second-order valence-electron chi connectivity index (χ2n) is 6.66. The van der Waals surface area contributed by atoms with E-state index in [2.05, 4.69) is 37.8 Å². The van der Waals surface area contributed by atoms with Gasteiger partial charge in [-0.15, -0.1) is 0 Å². The van der Waals surface area contributed by atoms with E-state index in [9.17, 15) is 4.39 Å². The summed E-state index contributed by atoms with van der Waals surface area (Å²) in [6, 6.07) is 17.1. The van der Waals surface area contributed by atoms with E-state index < -0.39 is 0 Å². The Bertz CT molecular complexity index is 844. The minimum absolute atomic E-state index is 0.233. The van der Waals surface area contributed by atoms with E-state index in [0.29, 0.717) is 17.2 Å². The molecule has 154 valence electrons. The zero-order chi connectivity index (χ0) is 21.6. The molecular weight excluding hydrogens is 359 g/mol. The fourth-order valence-electron chi connectivity index (χ4n) is 2.88. The van der Waals surface area contributed by atoms with Crippen LogP contribution in [0.15, 0.2) is 96.8 Å². The maximum Gasteiger partial charge on any atom is 0.130 e. The second-order valence-corrected chi connectivity index (χ2v) is 6.66. The summed E-state index contributed by atoms with van der Waals surface area (Å²) < 4.78 is 13.6. The largest absolute Gasteiger partial charge is 0.399 e. The molecule has 0 fully saturated rings. The molecule has 0 saturated carbocycles. The van der Waals surface area contributed by atoms with Gasteiger partial charge in [-0.2, -0.15) is 0 Å². The molecule has 0 aliphatic carbocycles. The zero-order valence-electron chi connectivity index (χ0n) is 17.7. The van der Waals surface area contributed by atoms with Crippen molar-refractivity contribution in [1.82, 2.24) is 0 Å². The maximum atomic E-state index is 13.6. The highest BCUT2D eigenvalue weighted by Crippen LogP contribution is 2.21. The standard InChI is InChI=1S/C16H18FN.C10H15N/c1-4-8-13(16(18)5-2)11-12(3)14-9-6-7-10-15(14)17;1-2-9(8-11)10-6-4-3-5-7-10/h4-11H,1,18H2,2-3H3;3-7,9H,2,8,11H2,1H3/b12-11+,13-8-,16-5+;. The molecule has 0 saturated heterocycles. The number of nitrogens with two attached hydrogens (primary N) is 2. The highest BCUT2D eigenvalue weighted by atomic mass is 19.1. The third-order valence-corrected chi connectivity index (χ3v) is 4.66. The topological polar surface area (TPSA) is 52.0 Å². The summed E-state index contributed by atoms with van der Waals surface area (Å²) in [4.78, 5) is 0. The minimum atomic E-state index is -0.233. The van der Waals surface area contributed by atoms with E-state index in [0.717, 1.165) is 24.1 Å². The van der Waals surface area contributed by atoms with Gasteiger partial charge in [0.1, 0.15) is 5.82 Å². The van der Waals surface area contributed by atoms with Crippen molar-refractivity contribution in [3.05, 3.63) is 114 Å². The van der Waals surface area contributed by atoms with Crippen LogP contribution in [0.3, 0.4) is 0 Å². The molecule has 2 rings (SSSR count). The van der Waals surface area contributed by atoms with E-state index in [-0.39, 0.29) is 5.82 Å². The molecule has 0 radical (unpaired) electrons.